The van der Waals surface area contributed by atoms with Crippen LogP contribution in [0.5, 0.6) is 5.75 Å². The smallest absolute Gasteiger partial charge is 0.214 e. The summed E-state index contributed by atoms with van der Waals surface area (Å²) in [4.78, 5) is 8.24. The van der Waals surface area contributed by atoms with Crippen LogP contribution in [0.2, 0.25) is 0 Å². The SMILES string of the molecule is COc1ccnc2c1nc(C#N)n2C. The Balaban J connectivity index is 2.85. The van der Waals surface area contributed by atoms with Gasteiger partial charge in [-0.15, -0.1) is 0 Å². The Bertz CT molecular complexity index is 523. The maximum atomic E-state index is 8.78. The summed E-state index contributed by atoms with van der Waals surface area (Å²) in [6.45, 7) is 0. The second-order valence-electron chi connectivity index (χ2n) is 2.79. The lowest BCUT2D eigenvalue weighted by molar-refractivity contribution is 0.418. The molecule has 0 bridgehead atoms. The molecule has 0 atom stereocenters. The second-order valence-corrected chi connectivity index (χ2v) is 2.79. The van der Waals surface area contributed by atoms with Crippen LogP contribution in [0.25, 0.3) is 11.2 Å². The standard InChI is InChI=1S/C9H8N4O/c1-13-7(5-10)12-8-6(14-2)3-4-11-9(8)13/h3-4H,1-2H3. The molecule has 0 saturated carbocycles. The maximum Gasteiger partial charge on any atom is 0.214 e. The first-order chi connectivity index (χ1) is 6.77. The van der Waals surface area contributed by atoms with Crippen molar-refractivity contribution in [2.45, 2.75) is 0 Å². The Morgan fingerprint density at radius 2 is 2.36 bits per heavy atom. The number of aromatic nitrogens is 3. The average molecular weight is 188 g/mol. The average Bonchev–Trinajstić information content (AvgIpc) is 2.55. The number of nitriles is 1. The number of hydrogen-bond acceptors (Lipinski definition) is 4. The fourth-order valence-electron chi connectivity index (χ4n) is 1.32. The number of fused-ring (bicyclic) bond motifs is 1. The minimum atomic E-state index is 0.331. The van der Waals surface area contributed by atoms with E-state index in [4.69, 9.17) is 10.00 Å². The molecule has 0 aliphatic carbocycles. The second kappa shape index (κ2) is 3.00. The van der Waals surface area contributed by atoms with E-state index < -0.39 is 0 Å². The topological polar surface area (TPSA) is 63.7 Å². The fourth-order valence-corrected chi connectivity index (χ4v) is 1.32. The molecule has 0 unspecified atom stereocenters. The van der Waals surface area contributed by atoms with Gasteiger partial charge >= 0.3 is 0 Å². The maximum absolute atomic E-state index is 8.78. The molecule has 2 aromatic heterocycles. The molecule has 0 N–H and O–H groups in total. The van der Waals surface area contributed by atoms with Crippen molar-refractivity contribution in [1.82, 2.24) is 14.5 Å². The lowest BCUT2D eigenvalue weighted by atomic mass is 10.4. The molecule has 2 aromatic rings. The van der Waals surface area contributed by atoms with E-state index in [0.717, 1.165) is 0 Å². The fraction of sp³-hybridized carbons (Fsp3) is 0.222. The highest BCUT2D eigenvalue weighted by molar-refractivity contribution is 5.79. The third-order valence-corrected chi connectivity index (χ3v) is 2.04. The molecule has 0 spiro atoms. The first-order valence-electron chi connectivity index (χ1n) is 4.03. The summed E-state index contributed by atoms with van der Waals surface area (Å²) in [7, 11) is 3.32. The minimum Gasteiger partial charge on any atom is -0.494 e. The molecule has 5 heteroatoms. The molecular formula is C9H8N4O. The lowest BCUT2D eigenvalue weighted by Crippen LogP contribution is -1.93. The van der Waals surface area contributed by atoms with Crippen LogP contribution in [0, 0.1) is 11.3 Å². The van der Waals surface area contributed by atoms with Gasteiger partial charge in [0.1, 0.15) is 11.8 Å². The third-order valence-electron chi connectivity index (χ3n) is 2.04. The summed E-state index contributed by atoms with van der Waals surface area (Å²) in [5.74, 6) is 0.962. The zero-order valence-corrected chi connectivity index (χ0v) is 7.85. The van der Waals surface area contributed by atoms with E-state index in [0.29, 0.717) is 22.7 Å². The van der Waals surface area contributed by atoms with E-state index in [-0.39, 0.29) is 0 Å². The van der Waals surface area contributed by atoms with Gasteiger partial charge in [-0.2, -0.15) is 5.26 Å². The van der Waals surface area contributed by atoms with Crippen molar-refractivity contribution in [3.8, 4) is 11.8 Å². The monoisotopic (exact) mass is 188 g/mol. The number of aryl methyl sites for hydroxylation is 1. The van der Waals surface area contributed by atoms with Crippen molar-refractivity contribution in [1.29, 1.82) is 5.26 Å². The number of imidazole rings is 1. The van der Waals surface area contributed by atoms with Crippen LogP contribution >= 0.6 is 0 Å². The Morgan fingerprint density at radius 1 is 1.57 bits per heavy atom. The molecule has 0 aliphatic heterocycles. The zero-order valence-electron chi connectivity index (χ0n) is 7.85. The van der Waals surface area contributed by atoms with E-state index >= 15 is 0 Å². The van der Waals surface area contributed by atoms with E-state index in [1.807, 2.05) is 6.07 Å². The molecule has 0 fully saturated rings. The number of rotatable bonds is 1. The Morgan fingerprint density at radius 3 is 3.00 bits per heavy atom. The Kier molecular flexibility index (Phi) is 1.82. The summed E-state index contributed by atoms with van der Waals surface area (Å²) in [5.41, 5.74) is 1.27. The van der Waals surface area contributed by atoms with Gasteiger partial charge in [0.2, 0.25) is 5.82 Å². The molecular weight excluding hydrogens is 180 g/mol. The molecule has 0 radical (unpaired) electrons. The summed E-state index contributed by atoms with van der Waals surface area (Å²) < 4.78 is 6.75. The number of methoxy groups -OCH3 is 1. The third kappa shape index (κ3) is 1.01. The van der Waals surface area contributed by atoms with Crippen LogP contribution in [0.15, 0.2) is 12.3 Å². The van der Waals surface area contributed by atoms with Crippen LogP contribution in [0.1, 0.15) is 5.82 Å². The highest BCUT2D eigenvalue weighted by Crippen LogP contribution is 2.22. The van der Waals surface area contributed by atoms with Gasteiger partial charge in [0.15, 0.2) is 11.2 Å². The zero-order chi connectivity index (χ0) is 10.1. The van der Waals surface area contributed by atoms with E-state index in [9.17, 15) is 0 Å². The molecule has 5 nitrogen and oxygen atoms in total. The van der Waals surface area contributed by atoms with E-state index in [1.54, 1.807) is 31.0 Å². The highest BCUT2D eigenvalue weighted by atomic mass is 16.5. The van der Waals surface area contributed by atoms with Crippen LogP contribution in [-0.2, 0) is 7.05 Å². The normalized spacial score (nSPS) is 10.1. The highest BCUT2D eigenvalue weighted by Gasteiger charge is 2.11. The molecule has 0 aromatic carbocycles. The number of hydrogen-bond donors (Lipinski definition) is 0. The quantitative estimate of drug-likeness (QED) is 0.665. The van der Waals surface area contributed by atoms with Crippen LogP contribution in [0.3, 0.4) is 0 Å². The minimum absolute atomic E-state index is 0.331. The van der Waals surface area contributed by atoms with Crippen molar-refractivity contribution in [2.75, 3.05) is 7.11 Å². The van der Waals surface area contributed by atoms with Gasteiger partial charge in [-0.05, 0) is 0 Å². The summed E-state index contributed by atoms with van der Waals surface area (Å²) >= 11 is 0. The summed E-state index contributed by atoms with van der Waals surface area (Å²) in [6.07, 6.45) is 1.63. The van der Waals surface area contributed by atoms with Crippen molar-refractivity contribution in [2.24, 2.45) is 7.05 Å². The van der Waals surface area contributed by atoms with Crippen molar-refractivity contribution in [3.63, 3.8) is 0 Å². The van der Waals surface area contributed by atoms with Gasteiger partial charge in [-0.3, -0.25) is 0 Å². The number of ether oxygens (including phenoxy) is 1. The van der Waals surface area contributed by atoms with Crippen LogP contribution < -0.4 is 4.74 Å². The molecule has 0 aliphatic rings. The molecule has 14 heavy (non-hydrogen) atoms. The van der Waals surface area contributed by atoms with Gasteiger partial charge in [0.25, 0.3) is 0 Å². The van der Waals surface area contributed by atoms with E-state index in [1.165, 1.54) is 0 Å². The van der Waals surface area contributed by atoms with Crippen molar-refractivity contribution in [3.05, 3.63) is 18.1 Å². The van der Waals surface area contributed by atoms with Gasteiger partial charge < -0.3 is 9.30 Å². The lowest BCUT2D eigenvalue weighted by Gasteiger charge is -1.98. The molecule has 2 heterocycles. The summed E-state index contributed by atoms with van der Waals surface area (Å²) in [5, 5.41) is 8.78. The van der Waals surface area contributed by atoms with E-state index in [2.05, 4.69) is 9.97 Å². The predicted molar refractivity (Wildman–Crippen MR) is 49.8 cm³/mol. The van der Waals surface area contributed by atoms with Crippen molar-refractivity contribution >= 4 is 11.2 Å². The molecule has 0 amide bonds. The Labute approximate surface area is 80.6 Å². The van der Waals surface area contributed by atoms with Crippen LogP contribution in [0.4, 0.5) is 0 Å². The van der Waals surface area contributed by atoms with Gasteiger partial charge in [0.05, 0.1) is 7.11 Å². The number of pyridine rings is 1. The Hall–Kier alpha value is -2.09. The molecule has 2 rings (SSSR count). The van der Waals surface area contributed by atoms with Gasteiger partial charge in [-0.25, -0.2) is 9.97 Å². The van der Waals surface area contributed by atoms with Gasteiger partial charge in [-0.1, -0.05) is 0 Å². The van der Waals surface area contributed by atoms with Gasteiger partial charge in [0, 0.05) is 19.3 Å². The largest absolute Gasteiger partial charge is 0.494 e. The molecule has 70 valence electrons. The first-order valence-corrected chi connectivity index (χ1v) is 4.03. The number of nitrogens with zero attached hydrogens (tertiary/aromatic N) is 4. The van der Waals surface area contributed by atoms with Crippen molar-refractivity contribution < 1.29 is 4.74 Å². The predicted octanol–water partition coefficient (Wildman–Crippen LogP) is 0.849. The molecule has 0 saturated heterocycles. The summed E-state index contributed by atoms with van der Waals surface area (Å²) in [6, 6.07) is 3.71. The first kappa shape index (κ1) is 8.51. The van der Waals surface area contributed by atoms with Crippen LogP contribution in [-0.4, -0.2) is 21.6 Å².